The minimum absolute atomic E-state index is 0.107. The van der Waals surface area contributed by atoms with Gasteiger partial charge in [-0.1, -0.05) is 13.5 Å². The summed E-state index contributed by atoms with van der Waals surface area (Å²) in [6.07, 6.45) is 1.09. The van der Waals surface area contributed by atoms with Crippen LogP contribution in [0.2, 0.25) is 0 Å². The lowest BCUT2D eigenvalue weighted by Gasteiger charge is -2.01. The highest BCUT2D eigenvalue weighted by Crippen LogP contribution is 1.78. The van der Waals surface area contributed by atoms with Crippen molar-refractivity contribution in [2.75, 3.05) is 0 Å². The Hall–Kier alpha value is -1.65. The number of amides is 2. The van der Waals surface area contributed by atoms with Crippen molar-refractivity contribution in [1.82, 2.24) is 10.9 Å². The Morgan fingerprint density at radius 2 is 1.92 bits per heavy atom. The molecule has 0 aromatic heterocycles. The van der Waals surface area contributed by atoms with Gasteiger partial charge in [-0.2, -0.15) is 0 Å². The van der Waals surface area contributed by atoms with Crippen molar-refractivity contribution in [3.05, 3.63) is 12.7 Å². The minimum Gasteiger partial charge on any atom is -0.289 e. The Morgan fingerprint density at radius 1 is 1.33 bits per heavy atom. The van der Waals surface area contributed by atoms with Crippen molar-refractivity contribution in [3.8, 4) is 0 Å². The normalized spacial score (nSPS) is 8.42. The molecule has 0 rings (SSSR count). The molecule has 0 aliphatic heterocycles. The second-order valence-electron chi connectivity index (χ2n) is 1.92. The van der Waals surface area contributed by atoms with Crippen LogP contribution in [0.3, 0.4) is 0 Å². The van der Waals surface area contributed by atoms with Gasteiger partial charge in [-0.05, 0) is 6.08 Å². The number of Topliss-reactive ketones (excluding diaryl/α,β-unsaturated/α-hetero) is 1. The number of hydrazine groups is 1. The number of carbonyl (C=O) groups excluding carboxylic acids is 3. The first-order chi connectivity index (χ1) is 5.61. The van der Waals surface area contributed by atoms with Crippen LogP contribution >= 0.6 is 0 Å². The van der Waals surface area contributed by atoms with Crippen molar-refractivity contribution < 1.29 is 14.4 Å². The highest BCUT2D eigenvalue weighted by molar-refractivity contribution is 6.36. The first kappa shape index (κ1) is 10.3. The second-order valence-corrected chi connectivity index (χ2v) is 1.92. The monoisotopic (exact) mass is 170 g/mol. The average Bonchev–Trinajstić information content (AvgIpc) is 2.11. The maximum absolute atomic E-state index is 10.7. The van der Waals surface area contributed by atoms with Gasteiger partial charge in [0.25, 0.3) is 5.91 Å². The minimum atomic E-state index is -0.826. The Labute approximate surface area is 69.8 Å². The molecule has 0 atom stereocenters. The Kier molecular flexibility index (Phi) is 4.36. The van der Waals surface area contributed by atoms with Crippen LogP contribution in [-0.4, -0.2) is 17.6 Å². The van der Waals surface area contributed by atoms with Gasteiger partial charge in [0.05, 0.1) is 0 Å². The van der Waals surface area contributed by atoms with Crippen molar-refractivity contribution in [3.63, 3.8) is 0 Å². The van der Waals surface area contributed by atoms with E-state index < -0.39 is 17.6 Å². The number of ketones is 1. The standard InChI is InChI=1S/C7H10N2O3/c1-3-5(10)7(12)9-8-6(11)4-2/h4H,2-3H2,1H3,(H,8,11)(H,9,12). The van der Waals surface area contributed by atoms with Crippen LogP contribution in [-0.2, 0) is 14.4 Å². The summed E-state index contributed by atoms with van der Waals surface area (Å²) in [6.45, 7) is 4.71. The van der Waals surface area contributed by atoms with Gasteiger partial charge < -0.3 is 0 Å². The second kappa shape index (κ2) is 5.06. The zero-order valence-electron chi connectivity index (χ0n) is 6.72. The molecule has 0 aromatic carbocycles. The molecule has 2 N–H and O–H groups in total. The third-order valence-corrected chi connectivity index (χ3v) is 1.06. The lowest BCUT2D eigenvalue weighted by atomic mass is 10.3. The van der Waals surface area contributed by atoms with Crippen LogP contribution in [0, 0.1) is 0 Å². The summed E-state index contributed by atoms with van der Waals surface area (Å²) in [7, 11) is 0. The number of nitrogens with one attached hydrogen (secondary N) is 2. The van der Waals surface area contributed by atoms with Crippen molar-refractivity contribution in [1.29, 1.82) is 0 Å². The molecule has 0 spiro atoms. The molecule has 66 valence electrons. The third-order valence-electron chi connectivity index (χ3n) is 1.06. The number of hydrogen-bond donors (Lipinski definition) is 2. The molecule has 0 radical (unpaired) electrons. The molecule has 0 fully saturated rings. The molecule has 5 nitrogen and oxygen atoms in total. The van der Waals surface area contributed by atoms with E-state index >= 15 is 0 Å². The van der Waals surface area contributed by atoms with E-state index in [-0.39, 0.29) is 6.42 Å². The fourth-order valence-corrected chi connectivity index (χ4v) is 0.400. The number of carbonyl (C=O) groups is 3. The van der Waals surface area contributed by atoms with E-state index in [4.69, 9.17) is 0 Å². The molecular formula is C7H10N2O3. The zero-order chi connectivity index (χ0) is 9.56. The summed E-state index contributed by atoms with van der Waals surface area (Å²) >= 11 is 0. The van der Waals surface area contributed by atoms with Crippen molar-refractivity contribution in [2.45, 2.75) is 13.3 Å². The van der Waals surface area contributed by atoms with Gasteiger partial charge >= 0.3 is 5.91 Å². The summed E-state index contributed by atoms with van der Waals surface area (Å²) in [4.78, 5) is 31.8. The van der Waals surface area contributed by atoms with Gasteiger partial charge in [-0.3, -0.25) is 25.2 Å². The largest absolute Gasteiger partial charge is 0.305 e. The smallest absolute Gasteiger partial charge is 0.289 e. The zero-order valence-corrected chi connectivity index (χ0v) is 6.72. The lowest BCUT2D eigenvalue weighted by Crippen LogP contribution is -2.43. The number of hydrogen-bond acceptors (Lipinski definition) is 3. The molecule has 0 saturated carbocycles. The maximum atomic E-state index is 10.7. The predicted molar refractivity (Wildman–Crippen MR) is 41.8 cm³/mol. The molecule has 5 heteroatoms. The Balaban J connectivity index is 3.79. The highest BCUT2D eigenvalue weighted by Gasteiger charge is 2.09. The van der Waals surface area contributed by atoms with Crippen molar-refractivity contribution >= 4 is 17.6 Å². The summed E-state index contributed by atoms with van der Waals surface area (Å²) < 4.78 is 0. The molecule has 0 aliphatic carbocycles. The molecule has 0 bridgehead atoms. The van der Waals surface area contributed by atoms with E-state index in [1.54, 1.807) is 6.92 Å². The molecule has 0 aliphatic rings. The van der Waals surface area contributed by atoms with Gasteiger partial charge in [-0.25, -0.2) is 0 Å². The highest BCUT2D eigenvalue weighted by atomic mass is 16.2. The lowest BCUT2D eigenvalue weighted by molar-refractivity contribution is -0.139. The van der Waals surface area contributed by atoms with Crippen LogP contribution in [0.5, 0.6) is 0 Å². The summed E-state index contributed by atoms with van der Waals surface area (Å²) in [5.41, 5.74) is 3.89. The van der Waals surface area contributed by atoms with Crippen LogP contribution in [0.25, 0.3) is 0 Å². The molecule has 0 aromatic rings. The van der Waals surface area contributed by atoms with Gasteiger partial charge in [-0.15, -0.1) is 0 Å². The Bertz CT molecular complexity index is 223. The average molecular weight is 170 g/mol. The molecule has 2 amide bonds. The van der Waals surface area contributed by atoms with E-state index in [9.17, 15) is 14.4 Å². The predicted octanol–water partition coefficient (Wildman–Crippen LogP) is -0.701. The maximum Gasteiger partial charge on any atom is 0.305 e. The third kappa shape index (κ3) is 3.50. The number of rotatable bonds is 3. The summed E-state index contributed by atoms with van der Waals surface area (Å²) in [5.74, 6) is -1.97. The van der Waals surface area contributed by atoms with Crippen LogP contribution in [0.1, 0.15) is 13.3 Å². The fraction of sp³-hybridized carbons (Fsp3) is 0.286. The van der Waals surface area contributed by atoms with E-state index in [1.165, 1.54) is 0 Å². The van der Waals surface area contributed by atoms with Crippen molar-refractivity contribution in [2.24, 2.45) is 0 Å². The van der Waals surface area contributed by atoms with E-state index in [0.717, 1.165) is 6.08 Å². The quantitative estimate of drug-likeness (QED) is 0.334. The summed E-state index contributed by atoms with van der Waals surface area (Å²) in [5, 5.41) is 0. The van der Waals surface area contributed by atoms with E-state index in [0.29, 0.717) is 0 Å². The van der Waals surface area contributed by atoms with Crippen LogP contribution in [0.15, 0.2) is 12.7 Å². The topological polar surface area (TPSA) is 75.3 Å². The molecule has 12 heavy (non-hydrogen) atoms. The van der Waals surface area contributed by atoms with Gasteiger partial charge in [0.2, 0.25) is 5.78 Å². The van der Waals surface area contributed by atoms with E-state index in [2.05, 4.69) is 6.58 Å². The molecule has 0 unspecified atom stereocenters. The summed E-state index contributed by atoms with van der Waals surface area (Å²) in [6, 6.07) is 0. The fourth-order valence-electron chi connectivity index (χ4n) is 0.400. The van der Waals surface area contributed by atoms with Crippen LogP contribution < -0.4 is 10.9 Å². The van der Waals surface area contributed by atoms with Crippen LogP contribution in [0.4, 0.5) is 0 Å². The van der Waals surface area contributed by atoms with Gasteiger partial charge in [0.15, 0.2) is 0 Å². The first-order valence-electron chi connectivity index (χ1n) is 3.37. The molecule has 0 saturated heterocycles. The van der Waals surface area contributed by atoms with E-state index in [1.807, 2.05) is 10.9 Å². The SMILES string of the molecule is C=CC(=O)NNC(=O)C(=O)CC. The molecule has 0 heterocycles. The van der Waals surface area contributed by atoms with Gasteiger partial charge in [0.1, 0.15) is 0 Å². The van der Waals surface area contributed by atoms with Gasteiger partial charge in [0, 0.05) is 6.42 Å². The first-order valence-corrected chi connectivity index (χ1v) is 3.37. The Morgan fingerprint density at radius 3 is 2.33 bits per heavy atom. The molecular weight excluding hydrogens is 160 g/mol.